The molecular formula is C22H19ClN4O3S. The molecule has 0 aliphatic carbocycles. The molecule has 4 rings (SSSR count). The lowest BCUT2D eigenvalue weighted by atomic mass is 10.2. The standard InChI is InChI=1S/C22H19ClN4O3S/c1-14-9-10-18-19(12-14)26-22(30-15(2)16-6-5-11-24-13-16)21(25-18)27-31(28,29)20-8-4-3-7-17(20)23/h3-13,15H,1-2H3,(H,25,27). The highest BCUT2D eigenvalue weighted by Gasteiger charge is 2.23. The van der Waals surface area contributed by atoms with Crippen molar-refractivity contribution in [3.8, 4) is 5.88 Å². The van der Waals surface area contributed by atoms with Gasteiger partial charge in [0.25, 0.3) is 15.9 Å². The van der Waals surface area contributed by atoms with Gasteiger partial charge in [0, 0.05) is 18.0 Å². The topological polar surface area (TPSA) is 94.1 Å². The average molecular weight is 455 g/mol. The number of aryl methyl sites for hydroxylation is 1. The Kier molecular flexibility index (Phi) is 5.75. The Hall–Kier alpha value is -3.23. The number of fused-ring (bicyclic) bond motifs is 1. The summed E-state index contributed by atoms with van der Waals surface area (Å²) >= 11 is 6.10. The number of nitrogens with one attached hydrogen (secondary N) is 1. The maximum absolute atomic E-state index is 13.0. The van der Waals surface area contributed by atoms with Crippen molar-refractivity contribution in [1.29, 1.82) is 0 Å². The summed E-state index contributed by atoms with van der Waals surface area (Å²) in [5, 5.41) is 0.102. The third-order valence-corrected chi connectivity index (χ3v) is 6.43. The molecule has 7 nitrogen and oxygen atoms in total. The fraction of sp³-hybridized carbons (Fsp3) is 0.136. The Morgan fingerprint density at radius 1 is 1.03 bits per heavy atom. The van der Waals surface area contributed by atoms with Crippen molar-refractivity contribution in [2.24, 2.45) is 0 Å². The highest BCUT2D eigenvalue weighted by Crippen LogP contribution is 2.31. The number of pyridine rings is 1. The van der Waals surface area contributed by atoms with E-state index >= 15 is 0 Å². The summed E-state index contributed by atoms with van der Waals surface area (Å²) in [6.45, 7) is 3.76. The first-order valence-electron chi connectivity index (χ1n) is 9.46. The molecule has 158 valence electrons. The fourth-order valence-electron chi connectivity index (χ4n) is 2.99. The summed E-state index contributed by atoms with van der Waals surface area (Å²) < 4.78 is 34.5. The molecule has 0 aliphatic rings. The van der Waals surface area contributed by atoms with E-state index in [4.69, 9.17) is 16.3 Å². The maximum Gasteiger partial charge on any atom is 0.264 e. The van der Waals surface area contributed by atoms with Crippen molar-refractivity contribution >= 4 is 38.5 Å². The van der Waals surface area contributed by atoms with Gasteiger partial charge in [0.1, 0.15) is 11.0 Å². The molecule has 4 aromatic rings. The van der Waals surface area contributed by atoms with Crippen LogP contribution in [0.5, 0.6) is 5.88 Å². The first-order valence-corrected chi connectivity index (χ1v) is 11.3. The fourth-order valence-corrected chi connectivity index (χ4v) is 4.51. The maximum atomic E-state index is 13.0. The van der Waals surface area contributed by atoms with Crippen molar-refractivity contribution in [1.82, 2.24) is 15.0 Å². The Bertz CT molecular complexity index is 1350. The Balaban J connectivity index is 1.78. The van der Waals surface area contributed by atoms with E-state index in [1.165, 1.54) is 12.1 Å². The number of halogens is 1. The lowest BCUT2D eigenvalue weighted by molar-refractivity contribution is 0.218. The number of anilines is 1. The normalized spacial score (nSPS) is 12.5. The van der Waals surface area contributed by atoms with Gasteiger partial charge in [0.05, 0.1) is 16.1 Å². The minimum atomic E-state index is -4.02. The molecule has 0 saturated heterocycles. The van der Waals surface area contributed by atoms with Crippen molar-refractivity contribution in [2.45, 2.75) is 24.8 Å². The zero-order valence-corrected chi connectivity index (χ0v) is 18.4. The van der Waals surface area contributed by atoms with Gasteiger partial charge in [-0.1, -0.05) is 35.9 Å². The van der Waals surface area contributed by atoms with E-state index in [0.29, 0.717) is 11.0 Å². The lowest BCUT2D eigenvalue weighted by Crippen LogP contribution is -2.17. The SMILES string of the molecule is Cc1ccc2nc(NS(=O)(=O)c3ccccc3Cl)c(OC(C)c3cccnc3)nc2c1. The minimum absolute atomic E-state index is 0.0213. The van der Waals surface area contributed by atoms with Crippen LogP contribution in [0.4, 0.5) is 5.82 Å². The second kappa shape index (κ2) is 8.49. The van der Waals surface area contributed by atoms with Gasteiger partial charge in [-0.3, -0.25) is 9.71 Å². The van der Waals surface area contributed by atoms with Crippen molar-refractivity contribution in [3.63, 3.8) is 0 Å². The molecule has 0 fully saturated rings. The van der Waals surface area contributed by atoms with E-state index in [2.05, 4.69) is 19.7 Å². The molecule has 1 N–H and O–H groups in total. The van der Waals surface area contributed by atoms with Gasteiger partial charge in [-0.25, -0.2) is 18.4 Å². The van der Waals surface area contributed by atoms with Crippen molar-refractivity contribution in [2.75, 3.05) is 4.72 Å². The monoisotopic (exact) mass is 454 g/mol. The molecule has 0 saturated carbocycles. The summed E-state index contributed by atoms with van der Waals surface area (Å²) in [6.07, 6.45) is 2.91. The van der Waals surface area contributed by atoms with Crippen molar-refractivity contribution in [3.05, 3.63) is 83.1 Å². The minimum Gasteiger partial charge on any atom is -0.467 e. The summed E-state index contributed by atoms with van der Waals surface area (Å²) in [5.74, 6) is 0.0390. The number of hydrogen-bond donors (Lipinski definition) is 1. The number of aromatic nitrogens is 3. The average Bonchev–Trinajstić information content (AvgIpc) is 2.75. The van der Waals surface area contributed by atoms with Crippen LogP contribution in [-0.4, -0.2) is 23.4 Å². The van der Waals surface area contributed by atoms with Crippen LogP contribution >= 0.6 is 11.6 Å². The van der Waals surface area contributed by atoms with Gasteiger partial charge in [-0.15, -0.1) is 0 Å². The van der Waals surface area contributed by atoms with Gasteiger partial charge < -0.3 is 4.74 Å². The molecule has 0 amide bonds. The second-order valence-corrected chi connectivity index (χ2v) is 9.01. The van der Waals surface area contributed by atoms with Crippen LogP contribution < -0.4 is 9.46 Å². The van der Waals surface area contributed by atoms with Crippen LogP contribution in [0.15, 0.2) is 71.9 Å². The summed E-state index contributed by atoms with van der Waals surface area (Å²) in [4.78, 5) is 13.0. The van der Waals surface area contributed by atoms with Crippen molar-refractivity contribution < 1.29 is 13.2 Å². The number of benzene rings is 2. The Labute approximate surface area is 185 Å². The highest BCUT2D eigenvalue weighted by atomic mass is 35.5. The van der Waals surface area contributed by atoms with Crippen LogP contribution in [0.2, 0.25) is 5.02 Å². The predicted octanol–water partition coefficient (Wildman–Crippen LogP) is 4.93. The Morgan fingerprint density at radius 3 is 2.58 bits per heavy atom. The molecule has 2 heterocycles. The summed E-state index contributed by atoms with van der Waals surface area (Å²) in [7, 11) is -4.02. The Morgan fingerprint density at radius 2 is 1.84 bits per heavy atom. The molecule has 31 heavy (non-hydrogen) atoms. The second-order valence-electron chi connectivity index (χ2n) is 6.95. The van der Waals surface area contributed by atoms with Gasteiger partial charge in [0.2, 0.25) is 5.82 Å². The molecule has 1 atom stereocenters. The molecule has 1 unspecified atom stereocenters. The summed E-state index contributed by atoms with van der Waals surface area (Å²) in [6, 6.07) is 15.3. The van der Waals surface area contributed by atoms with Gasteiger partial charge in [0.15, 0.2) is 0 Å². The quantitative estimate of drug-likeness (QED) is 0.444. The lowest BCUT2D eigenvalue weighted by Gasteiger charge is -2.17. The first-order chi connectivity index (χ1) is 14.8. The predicted molar refractivity (Wildman–Crippen MR) is 120 cm³/mol. The molecular weight excluding hydrogens is 436 g/mol. The molecule has 0 radical (unpaired) electrons. The van der Waals surface area contributed by atoms with E-state index in [1.54, 1.807) is 36.7 Å². The van der Waals surface area contributed by atoms with Crippen LogP contribution in [-0.2, 0) is 10.0 Å². The van der Waals surface area contributed by atoms with Crippen LogP contribution in [0.3, 0.4) is 0 Å². The third-order valence-electron chi connectivity index (χ3n) is 4.59. The number of rotatable bonds is 6. The molecule has 0 aliphatic heterocycles. The van der Waals surface area contributed by atoms with Gasteiger partial charge in [-0.05, 0) is 49.7 Å². The highest BCUT2D eigenvalue weighted by molar-refractivity contribution is 7.92. The zero-order chi connectivity index (χ0) is 22.0. The smallest absolute Gasteiger partial charge is 0.264 e. The number of sulfonamides is 1. The first kappa shape index (κ1) is 21.0. The van der Waals surface area contributed by atoms with E-state index in [0.717, 1.165) is 11.1 Å². The van der Waals surface area contributed by atoms with E-state index in [1.807, 2.05) is 32.0 Å². The third kappa shape index (κ3) is 4.60. The van der Waals surface area contributed by atoms with Gasteiger partial charge >= 0.3 is 0 Å². The van der Waals surface area contributed by atoms with Crippen LogP contribution in [0, 0.1) is 6.92 Å². The molecule has 9 heteroatoms. The number of hydrogen-bond acceptors (Lipinski definition) is 6. The largest absolute Gasteiger partial charge is 0.467 e. The van der Waals surface area contributed by atoms with E-state index < -0.39 is 16.1 Å². The van der Waals surface area contributed by atoms with Crippen LogP contribution in [0.25, 0.3) is 11.0 Å². The molecule has 0 bridgehead atoms. The summed E-state index contributed by atoms with van der Waals surface area (Å²) in [5.41, 5.74) is 2.93. The van der Waals surface area contributed by atoms with Crippen LogP contribution in [0.1, 0.15) is 24.2 Å². The van der Waals surface area contributed by atoms with Gasteiger partial charge in [-0.2, -0.15) is 0 Å². The number of nitrogens with zero attached hydrogens (tertiary/aromatic N) is 3. The molecule has 2 aromatic carbocycles. The molecule has 0 spiro atoms. The van der Waals surface area contributed by atoms with E-state index in [-0.39, 0.29) is 21.6 Å². The molecule has 2 aromatic heterocycles. The number of ether oxygens (including phenoxy) is 1. The zero-order valence-electron chi connectivity index (χ0n) is 16.8. The van der Waals surface area contributed by atoms with E-state index in [9.17, 15) is 8.42 Å².